The number of carbonyl (C=O) groups excluding carboxylic acids is 1. The van der Waals surface area contributed by atoms with Gasteiger partial charge in [-0.1, -0.05) is 6.07 Å². The smallest absolute Gasteiger partial charge is 0.274 e. The van der Waals surface area contributed by atoms with Crippen molar-refractivity contribution < 1.29 is 10.0 Å². The highest BCUT2D eigenvalue weighted by molar-refractivity contribution is 5.97. The zero-order chi connectivity index (χ0) is 14.1. The van der Waals surface area contributed by atoms with E-state index in [1.807, 2.05) is 25.1 Å². The van der Waals surface area contributed by atoms with E-state index in [-0.39, 0.29) is 0 Å². The third-order valence-electron chi connectivity index (χ3n) is 2.98. The van der Waals surface area contributed by atoms with E-state index >= 15 is 0 Å². The van der Waals surface area contributed by atoms with Gasteiger partial charge in [-0.25, -0.2) is 15.4 Å². The number of hydrogen-bond donors (Lipinski definition) is 3. The third kappa shape index (κ3) is 2.12. The van der Waals surface area contributed by atoms with Crippen molar-refractivity contribution in [3.63, 3.8) is 0 Å². The number of nitrogens with one attached hydrogen (secondary N) is 2. The Balaban J connectivity index is 2.09. The van der Waals surface area contributed by atoms with E-state index in [4.69, 9.17) is 5.21 Å². The molecule has 0 fully saturated rings. The van der Waals surface area contributed by atoms with Gasteiger partial charge < -0.3 is 4.98 Å². The molecule has 0 aliphatic heterocycles. The number of rotatable bonds is 2. The fourth-order valence-electron chi connectivity index (χ4n) is 2.01. The van der Waals surface area contributed by atoms with Crippen molar-refractivity contribution in [3.05, 3.63) is 47.7 Å². The number of hydroxylamine groups is 1. The van der Waals surface area contributed by atoms with Gasteiger partial charge in [-0.15, -0.1) is 0 Å². The van der Waals surface area contributed by atoms with E-state index in [1.54, 1.807) is 23.7 Å². The average Bonchev–Trinajstić information content (AvgIpc) is 2.89. The summed E-state index contributed by atoms with van der Waals surface area (Å²) in [6, 6.07) is 10.6. The molecule has 0 aliphatic rings. The van der Waals surface area contributed by atoms with Crippen LogP contribution in [0.15, 0.2) is 36.4 Å². The lowest BCUT2D eigenvalue weighted by molar-refractivity contribution is 0.0706. The zero-order valence-electron chi connectivity index (χ0n) is 10.7. The van der Waals surface area contributed by atoms with Gasteiger partial charge in [-0.05, 0) is 37.3 Å². The van der Waals surface area contributed by atoms with Gasteiger partial charge in [-0.3, -0.25) is 10.0 Å². The van der Waals surface area contributed by atoms with E-state index < -0.39 is 5.91 Å². The molecule has 0 spiro atoms. The van der Waals surface area contributed by atoms with Crippen LogP contribution in [0, 0.1) is 6.92 Å². The number of hydrogen-bond acceptors (Lipinski definition) is 4. The predicted octanol–water partition coefficient (Wildman–Crippen LogP) is 2.05. The van der Waals surface area contributed by atoms with E-state index in [1.165, 1.54) is 0 Å². The van der Waals surface area contributed by atoms with E-state index in [0.717, 1.165) is 16.9 Å². The van der Waals surface area contributed by atoms with E-state index in [2.05, 4.69) is 15.0 Å². The first-order valence-electron chi connectivity index (χ1n) is 6.05. The zero-order valence-corrected chi connectivity index (χ0v) is 10.7. The molecule has 0 unspecified atom stereocenters. The van der Waals surface area contributed by atoms with Crippen molar-refractivity contribution in [2.75, 3.05) is 0 Å². The molecular weight excluding hydrogens is 256 g/mol. The Morgan fingerprint density at radius 3 is 2.85 bits per heavy atom. The van der Waals surface area contributed by atoms with Crippen LogP contribution in [0.1, 0.15) is 16.1 Å². The van der Waals surface area contributed by atoms with E-state index in [9.17, 15) is 4.79 Å². The number of fused-ring (bicyclic) bond motifs is 1. The van der Waals surface area contributed by atoms with Crippen LogP contribution in [0.3, 0.4) is 0 Å². The molecule has 0 atom stereocenters. The number of amides is 1. The minimum absolute atomic E-state index is 0.354. The summed E-state index contributed by atoms with van der Waals surface area (Å²) in [5.74, 6) is 0.0852. The molecule has 3 N–H and O–H groups in total. The summed E-state index contributed by atoms with van der Waals surface area (Å²) in [6.07, 6.45) is 0. The molecule has 0 bridgehead atoms. The molecule has 1 aromatic carbocycles. The highest BCUT2D eigenvalue weighted by Gasteiger charge is 2.10. The second-order valence-corrected chi connectivity index (χ2v) is 4.42. The lowest BCUT2D eigenvalue weighted by Gasteiger charge is -1.97. The molecule has 6 heteroatoms. The number of aryl methyl sites for hydroxylation is 1. The van der Waals surface area contributed by atoms with Gasteiger partial charge in [0.2, 0.25) is 0 Å². The van der Waals surface area contributed by atoms with Gasteiger partial charge in [0.1, 0.15) is 5.69 Å². The average molecular weight is 268 g/mol. The van der Waals surface area contributed by atoms with Crippen LogP contribution in [-0.4, -0.2) is 26.1 Å². The van der Waals surface area contributed by atoms with Crippen LogP contribution in [0.25, 0.3) is 22.6 Å². The maximum absolute atomic E-state index is 11.4. The van der Waals surface area contributed by atoms with Gasteiger partial charge in [0, 0.05) is 11.3 Å². The van der Waals surface area contributed by atoms with Crippen LogP contribution in [0.4, 0.5) is 0 Å². The van der Waals surface area contributed by atoms with E-state index in [0.29, 0.717) is 16.9 Å². The number of pyridine rings is 1. The van der Waals surface area contributed by atoms with Crippen LogP contribution >= 0.6 is 0 Å². The molecule has 6 nitrogen and oxygen atoms in total. The SMILES string of the molecule is Cc1cccc(-c2nc3ccc(C(=O)NO)cc3[nH]2)n1. The summed E-state index contributed by atoms with van der Waals surface area (Å²) in [5.41, 5.74) is 5.06. The second-order valence-electron chi connectivity index (χ2n) is 4.42. The summed E-state index contributed by atoms with van der Waals surface area (Å²) in [7, 11) is 0. The van der Waals surface area contributed by atoms with Gasteiger partial charge >= 0.3 is 0 Å². The van der Waals surface area contributed by atoms with Crippen molar-refractivity contribution in [2.45, 2.75) is 6.92 Å². The van der Waals surface area contributed by atoms with Gasteiger partial charge in [-0.2, -0.15) is 0 Å². The molecule has 3 rings (SSSR count). The minimum atomic E-state index is -0.559. The Morgan fingerprint density at radius 1 is 1.25 bits per heavy atom. The fraction of sp³-hybridized carbons (Fsp3) is 0.0714. The van der Waals surface area contributed by atoms with Gasteiger partial charge in [0.05, 0.1) is 11.0 Å². The standard InChI is InChI=1S/C14H12N4O2/c1-8-3-2-4-11(15-8)13-16-10-6-5-9(14(19)18-20)7-12(10)17-13/h2-7,20H,1H3,(H,16,17)(H,18,19). The molecule has 0 aliphatic carbocycles. The Morgan fingerprint density at radius 2 is 2.10 bits per heavy atom. The molecule has 1 amide bonds. The molecule has 3 aromatic rings. The first-order chi connectivity index (χ1) is 9.67. The first kappa shape index (κ1) is 12.3. The number of benzene rings is 1. The first-order valence-corrected chi connectivity index (χ1v) is 6.05. The van der Waals surface area contributed by atoms with Crippen molar-refractivity contribution in [3.8, 4) is 11.5 Å². The lowest BCUT2D eigenvalue weighted by Crippen LogP contribution is -2.18. The summed E-state index contributed by atoms with van der Waals surface area (Å²) in [6.45, 7) is 1.91. The van der Waals surface area contributed by atoms with Crippen LogP contribution in [0.5, 0.6) is 0 Å². The van der Waals surface area contributed by atoms with Gasteiger partial charge in [0.15, 0.2) is 5.82 Å². The second kappa shape index (κ2) is 4.75. The Kier molecular flexibility index (Phi) is 2.92. The number of aromatic amines is 1. The largest absolute Gasteiger partial charge is 0.337 e. The number of nitrogens with zero attached hydrogens (tertiary/aromatic N) is 2. The van der Waals surface area contributed by atoms with Gasteiger partial charge in [0.25, 0.3) is 5.91 Å². The fourth-order valence-corrected chi connectivity index (χ4v) is 2.01. The molecular formula is C14H12N4O2. The number of H-pyrrole nitrogens is 1. The summed E-state index contributed by atoms with van der Waals surface area (Å²) in [4.78, 5) is 23.3. The minimum Gasteiger partial charge on any atom is -0.337 e. The molecule has 20 heavy (non-hydrogen) atoms. The molecule has 2 heterocycles. The Labute approximate surface area is 114 Å². The lowest BCUT2D eigenvalue weighted by atomic mass is 10.2. The van der Waals surface area contributed by atoms with Crippen molar-refractivity contribution in [2.24, 2.45) is 0 Å². The quantitative estimate of drug-likeness (QED) is 0.490. The summed E-state index contributed by atoms with van der Waals surface area (Å²) >= 11 is 0. The van der Waals surface area contributed by atoms with Crippen molar-refractivity contribution in [1.29, 1.82) is 0 Å². The monoisotopic (exact) mass is 268 g/mol. The molecule has 100 valence electrons. The van der Waals surface area contributed by atoms with Crippen LogP contribution < -0.4 is 5.48 Å². The van der Waals surface area contributed by atoms with Crippen molar-refractivity contribution in [1.82, 2.24) is 20.4 Å². The molecule has 0 saturated heterocycles. The molecule has 0 radical (unpaired) electrons. The topological polar surface area (TPSA) is 90.9 Å². The van der Waals surface area contributed by atoms with Crippen LogP contribution in [-0.2, 0) is 0 Å². The number of imidazole rings is 1. The summed E-state index contributed by atoms with van der Waals surface area (Å²) in [5, 5.41) is 8.64. The normalized spacial score (nSPS) is 10.7. The highest BCUT2D eigenvalue weighted by atomic mass is 16.5. The highest BCUT2D eigenvalue weighted by Crippen LogP contribution is 2.20. The maximum Gasteiger partial charge on any atom is 0.274 e. The van der Waals surface area contributed by atoms with Crippen LogP contribution in [0.2, 0.25) is 0 Å². The Bertz CT molecular complexity index is 795. The summed E-state index contributed by atoms with van der Waals surface area (Å²) < 4.78 is 0. The third-order valence-corrected chi connectivity index (χ3v) is 2.98. The number of aromatic nitrogens is 3. The molecule has 0 saturated carbocycles. The molecule has 2 aromatic heterocycles. The predicted molar refractivity (Wildman–Crippen MR) is 73.3 cm³/mol. The Hall–Kier alpha value is -2.73. The maximum atomic E-state index is 11.4. The number of carbonyl (C=O) groups is 1. The van der Waals surface area contributed by atoms with Crippen molar-refractivity contribution >= 4 is 16.9 Å².